The zero-order valence-electron chi connectivity index (χ0n) is 10.4. The Morgan fingerprint density at radius 2 is 2.16 bits per heavy atom. The molecule has 0 saturated heterocycles. The molecule has 3 rings (SSSR count). The Morgan fingerprint density at radius 3 is 2.89 bits per heavy atom. The first kappa shape index (κ1) is 11.8. The third-order valence-corrected chi connectivity index (χ3v) is 3.58. The lowest BCUT2D eigenvalue weighted by Crippen LogP contribution is -1.91. The molecule has 5 heteroatoms. The summed E-state index contributed by atoms with van der Waals surface area (Å²) in [6.07, 6.45) is 1.65. The summed E-state index contributed by atoms with van der Waals surface area (Å²) in [6.45, 7) is 2.03. The zero-order chi connectivity index (χ0) is 13.2. The molecule has 0 aliphatic rings. The lowest BCUT2D eigenvalue weighted by molar-refractivity contribution is 0.580. The molecule has 0 fully saturated rings. The molecule has 0 radical (unpaired) electrons. The Bertz CT molecular complexity index is 689. The van der Waals surface area contributed by atoms with Crippen LogP contribution in [0.5, 0.6) is 0 Å². The van der Waals surface area contributed by atoms with Gasteiger partial charge in [0, 0.05) is 16.3 Å². The van der Waals surface area contributed by atoms with Gasteiger partial charge in [-0.1, -0.05) is 6.07 Å². The number of anilines is 3. The highest BCUT2D eigenvalue weighted by Gasteiger charge is 2.12. The molecule has 3 aromatic rings. The van der Waals surface area contributed by atoms with E-state index >= 15 is 0 Å². The second kappa shape index (κ2) is 4.78. The van der Waals surface area contributed by atoms with Crippen LogP contribution in [-0.2, 0) is 0 Å². The normalized spacial score (nSPS) is 10.6. The van der Waals surface area contributed by atoms with Crippen molar-refractivity contribution in [2.45, 2.75) is 6.92 Å². The third kappa shape index (κ3) is 2.46. The quantitative estimate of drug-likeness (QED) is 0.706. The summed E-state index contributed by atoms with van der Waals surface area (Å²) in [7, 11) is 0. The van der Waals surface area contributed by atoms with E-state index in [4.69, 9.17) is 10.2 Å². The van der Waals surface area contributed by atoms with Gasteiger partial charge in [0.15, 0.2) is 10.9 Å². The summed E-state index contributed by atoms with van der Waals surface area (Å²) >= 11 is 1.59. The summed E-state index contributed by atoms with van der Waals surface area (Å²) in [6, 6.07) is 11.4. The molecule has 4 nitrogen and oxygen atoms in total. The van der Waals surface area contributed by atoms with E-state index in [0.717, 1.165) is 32.8 Å². The number of nitrogens with two attached hydrogens (primary N) is 1. The zero-order valence-corrected chi connectivity index (χ0v) is 11.2. The largest absolute Gasteiger partial charge is 0.463 e. The summed E-state index contributed by atoms with van der Waals surface area (Å²) in [5, 5.41) is 4.08. The number of hydrogen-bond donors (Lipinski definition) is 2. The molecule has 3 N–H and O–H groups in total. The van der Waals surface area contributed by atoms with Crippen molar-refractivity contribution in [3.05, 3.63) is 47.5 Å². The maximum Gasteiger partial charge on any atom is 0.188 e. The third-order valence-electron chi connectivity index (χ3n) is 2.69. The summed E-state index contributed by atoms with van der Waals surface area (Å²) in [5.41, 5.74) is 8.29. The molecule has 19 heavy (non-hydrogen) atoms. The number of nitrogen functional groups attached to an aromatic ring is 1. The second-order valence-corrected chi connectivity index (χ2v) is 5.35. The van der Waals surface area contributed by atoms with Gasteiger partial charge in [-0.25, -0.2) is 4.98 Å². The van der Waals surface area contributed by atoms with Crippen molar-refractivity contribution >= 4 is 27.8 Å². The molecule has 0 aliphatic heterocycles. The number of hydrogen-bond acceptors (Lipinski definition) is 5. The first-order chi connectivity index (χ1) is 9.22. The van der Waals surface area contributed by atoms with Crippen LogP contribution in [0, 0.1) is 6.92 Å². The van der Waals surface area contributed by atoms with E-state index in [1.807, 2.05) is 43.3 Å². The molecule has 0 bridgehead atoms. The number of furan rings is 1. The molecule has 0 unspecified atom stereocenters. The molecule has 0 amide bonds. The Hall–Kier alpha value is -2.27. The maximum atomic E-state index is 5.75. The molecule has 0 atom stereocenters. The van der Waals surface area contributed by atoms with E-state index in [1.54, 1.807) is 17.6 Å². The highest BCUT2D eigenvalue weighted by molar-refractivity contribution is 7.16. The minimum absolute atomic E-state index is 0.726. The molecular formula is C14H13N3OS. The van der Waals surface area contributed by atoms with Gasteiger partial charge in [0.05, 0.1) is 6.26 Å². The second-order valence-electron chi connectivity index (χ2n) is 4.15. The van der Waals surface area contributed by atoms with Crippen molar-refractivity contribution in [2.24, 2.45) is 0 Å². The average molecular weight is 271 g/mol. The van der Waals surface area contributed by atoms with E-state index < -0.39 is 0 Å². The minimum Gasteiger partial charge on any atom is -0.463 e. The van der Waals surface area contributed by atoms with E-state index in [-0.39, 0.29) is 0 Å². The first-order valence-corrected chi connectivity index (χ1v) is 6.68. The number of nitrogens with one attached hydrogen (secondary N) is 1. The monoisotopic (exact) mass is 271 g/mol. The smallest absolute Gasteiger partial charge is 0.188 e. The van der Waals surface area contributed by atoms with E-state index in [1.165, 1.54) is 0 Å². The standard InChI is InChI=1S/C14H13N3OS/c1-9-13(12-6-3-7-18-12)17-14(19-9)16-11-5-2-4-10(15)8-11/h2-8H,15H2,1H3,(H,16,17). The molecular weight excluding hydrogens is 258 g/mol. The van der Waals surface area contributed by atoms with E-state index in [2.05, 4.69) is 10.3 Å². The predicted molar refractivity (Wildman–Crippen MR) is 78.7 cm³/mol. The number of thiazole rings is 1. The number of aryl methyl sites for hydroxylation is 1. The number of benzene rings is 1. The van der Waals surface area contributed by atoms with E-state index in [9.17, 15) is 0 Å². The Labute approximate surface area is 114 Å². The highest BCUT2D eigenvalue weighted by Crippen LogP contribution is 2.32. The lowest BCUT2D eigenvalue weighted by atomic mass is 10.3. The van der Waals surface area contributed by atoms with Crippen molar-refractivity contribution in [3.8, 4) is 11.5 Å². The van der Waals surface area contributed by atoms with Gasteiger partial charge in [-0.15, -0.1) is 11.3 Å². The van der Waals surface area contributed by atoms with Crippen molar-refractivity contribution in [3.63, 3.8) is 0 Å². The van der Waals surface area contributed by atoms with Gasteiger partial charge < -0.3 is 15.5 Å². The average Bonchev–Trinajstić information content (AvgIpc) is 2.98. The van der Waals surface area contributed by atoms with Gasteiger partial charge in [-0.3, -0.25) is 0 Å². The van der Waals surface area contributed by atoms with Gasteiger partial charge in [-0.05, 0) is 37.3 Å². The number of nitrogens with zero attached hydrogens (tertiary/aromatic N) is 1. The fourth-order valence-corrected chi connectivity index (χ4v) is 2.67. The van der Waals surface area contributed by atoms with Crippen LogP contribution in [0.4, 0.5) is 16.5 Å². The molecule has 96 valence electrons. The van der Waals surface area contributed by atoms with Crippen LogP contribution in [0.1, 0.15) is 4.88 Å². The summed E-state index contributed by atoms with van der Waals surface area (Å²) in [4.78, 5) is 5.66. The van der Waals surface area contributed by atoms with Crippen molar-refractivity contribution in [1.82, 2.24) is 4.98 Å². The van der Waals surface area contributed by atoms with Gasteiger partial charge in [0.25, 0.3) is 0 Å². The van der Waals surface area contributed by atoms with Crippen LogP contribution in [0.15, 0.2) is 47.1 Å². The van der Waals surface area contributed by atoms with Crippen molar-refractivity contribution < 1.29 is 4.42 Å². The predicted octanol–water partition coefficient (Wildman–Crippen LogP) is 4.04. The van der Waals surface area contributed by atoms with Crippen LogP contribution in [0.25, 0.3) is 11.5 Å². The van der Waals surface area contributed by atoms with Gasteiger partial charge in [-0.2, -0.15) is 0 Å². The van der Waals surface area contributed by atoms with Crippen LogP contribution >= 0.6 is 11.3 Å². The summed E-state index contributed by atoms with van der Waals surface area (Å²) < 4.78 is 5.38. The van der Waals surface area contributed by atoms with Crippen LogP contribution in [-0.4, -0.2) is 4.98 Å². The van der Waals surface area contributed by atoms with Crippen LogP contribution < -0.4 is 11.1 Å². The fourth-order valence-electron chi connectivity index (χ4n) is 1.83. The molecule has 1 aromatic carbocycles. The lowest BCUT2D eigenvalue weighted by Gasteiger charge is -2.02. The number of rotatable bonds is 3. The Kier molecular flexibility index (Phi) is 2.97. The summed E-state index contributed by atoms with van der Waals surface area (Å²) in [5.74, 6) is 0.786. The van der Waals surface area contributed by atoms with Gasteiger partial charge in [0.1, 0.15) is 5.69 Å². The van der Waals surface area contributed by atoms with Gasteiger partial charge in [0.2, 0.25) is 0 Å². The first-order valence-electron chi connectivity index (χ1n) is 5.86. The number of aromatic nitrogens is 1. The molecule has 0 saturated carbocycles. The maximum absolute atomic E-state index is 5.75. The molecule has 0 spiro atoms. The van der Waals surface area contributed by atoms with Crippen LogP contribution in [0.3, 0.4) is 0 Å². The van der Waals surface area contributed by atoms with E-state index in [0.29, 0.717) is 0 Å². The molecule has 0 aliphatic carbocycles. The van der Waals surface area contributed by atoms with Gasteiger partial charge >= 0.3 is 0 Å². The SMILES string of the molecule is Cc1sc(Nc2cccc(N)c2)nc1-c1ccco1. The fraction of sp³-hybridized carbons (Fsp3) is 0.0714. The Balaban J connectivity index is 1.89. The highest BCUT2D eigenvalue weighted by atomic mass is 32.1. The molecule has 2 heterocycles. The van der Waals surface area contributed by atoms with Crippen molar-refractivity contribution in [2.75, 3.05) is 11.1 Å². The van der Waals surface area contributed by atoms with Crippen molar-refractivity contribution in [1.29, 1.82) is 0 Å². The minimum atomic E-state index is 0.726. The Morgan fingerprint density at radius 1 is 1.26 bits per heavy atom. The molecule has 2 aromatic heterocycles. The topological polar surface area (TPSA) is 64.1 Å². The van der Waals surface area contributed by atoms with Crippen LogP contribution in [0.2, 0.25) is 0 Å².